The second-order valence-electron chi connectivity index (χ2n) is 8.42. The van der Waals surface area contributed by atoms with Crippen molar-refractivity contribution in [2.45, 2.75) is 45.1 Å². The van der Waals surface area contributed by atoms with E-state index in [0.717, 1.165) is 24.8 Å². The largest absolute Gasteiger partial charge is 0.468 e. The van der Waals surface area contributed by atoms with Crippen molar-refractivity contribution in [3.8, 4) is 0 Å². The maximum atomic E-state index is 13.6. The Morgan fingerprint density at radius 2 is 1.60 bits per heavy atom. The minimum absolute atomic E-state index is 0.0476. The predicted octanol–water partition coefficient (Wildman–Crippen LogP) is 3.40. The maximum Gasteiger partial charge on any atom is 0.325 e. The van der Waals surface area contributed by atoms with E-state index in [9.17, 15) is 9.59 Å². The van der Waals surface area contributed by atoms with Gasteiger partial charge in [-0.2, -0.15) is 0 Å². The highest BCUT2D eigenvalue weighted by Crippen LogP contribution is 2.60. The molecule has 1 aromatic carbocycles. The first kappa shape index (κ1) is 16.6. The summed E-state index contributed by atoms with van der Waals surface area (Å²) in [5, 5.41) is 0. The number of carbonyl (C=O) groups is 2. The van der Waals surface area contributed by atoms with Gasteiger partial charge in [0.2, 0.25) is 5.91 Å². The fraction of sp³-hybridized carbons (Fsp3) is 0.619. The first-order valence-electron chi connectivity index (χ1n) is 9.48. The lowest BCUT2D eigenvalue weighted by atomic mass is 9.49. The number of ether oxygens (including phenoxy) is 1. The van der Waals surface area contributed by atoms with Gasteiger partial charge in [0.1, 0.15) is 6.54 Å². The number of benzene rings is 1. The van der Waals surface area contributed by atoms with Gasteiger partial charge in [-0.15, -0.1) is 0 Å². The molecule has 4 heteroatoms. The molecule has 5 rings (SSSR count). The summed E-state index contributed by atoms with van der Waals surface area (Å²) in [6, 6.07) is 9.94. The molecule has 0 unspecified atom stereocenters. The topological polar surface area (TPSA) is 46.6 Å². The quantitative estimate of drug-likeness (QED) is 0.771. The summed E-state index contributed by atoms with van der Waals surface area (Å²) in [4.78, 5) is 27.2. The van der Waals surface area contributed by atoms with Gasteiger partial charge in [-0.3, -0.25) is 9.59 Å². The Balaban J connectivity index is 1.57. The Morgan fingerprint density at radius 1 is 1.04 bits per heavy atom. The van der Waals surface area contributed by atoms with Crippen LogP contribution >= 0.6 is 0 Å². The number of amides is 1. The van der Waals surface area contributed by atoms with E-state index in [0.29, 0.717) is 24.3 Å². The average molecular weight is 341 g/mol. The van der Waals surface area contributed by atoms with Gasteiger partial charge in [-0.25, -0.2) is 0 Å². The third-order valence-corrected chi connectivity index (χ3v) is 6.54. The number of methoxy groups -OCH3 is 1. The van der Waals surface area contributed by atoms with E-state index in [1.807, 2.05) is 30.3 Å². The van der Waals surface area contributed by atoms with Gasteiger partial charge < -0.3 is 9.64 Å². The Morgan fingerprint density at radius 3 is 2.12 bits per heavy atom. The van der Waals surface area contributed by atoms with Crippen molar-refractivity contribution in [3.05, 3.63) is 35.9 Å². The fourth-order valence-corrected chi connectivity index (χ4v) is 5.93. The van der Waals surface area contributed by atoms with Gasteiger partial charge in [0.05, 0.1) is 12.5 Å². The SMILES string of the molecule is COC(=O)CN(Cc1ccccc1)C(=O)C12CC3CC(CC(C3)C1)C2. The average Bonchev–Trinajstić information content (AvgIpc) is 2.60. The predicted molar refractivity (Wildman–Crippen MR) is 94.5 cm³/mol. The summed E-state index contributed by atoms with van der Waals surface area (Å²) in [6.45, 7) is 0.530. The summed E-state index contributed by atoms with van der Waals surface area (Å²) >= 11 is 0. The summed E-state index contributed by atoms with van der Waals surface area (Å²) in [5.74, 6) is 1.99. The van der Waals surface area contributed by atoms with Gasteiger partial charge in [0.15, 0.2) is 0 Å². The van der Waals surface area contributed by atoms with Crippen LogP contribution in [0.3, 0.4) is 0 Å². The van der Waals surface area contributed by atoms with E-state index in [-0.39, 0.29) is 23.8 Å². The van der Waals surface area contributed by atoms with Crippen molar-refractivity contribution in [2.75, 3.05) is 13.7 Å². The zero-order valence-corrected chi connectivity index (χ0v) is 14.9. The van der Waals surface area contributed by atoms with Crippen molar-refractivity contribution in [2.24, 2.45) is 23.2 Å². The van der Waals surface area contributed by atoms with Crippen LogP contribution in [-0.4, -0.2) is 30.4 Å². The monoisotopic (exact) mass is 341 g/mol. The molecule has 1 amide bonds. The van der Waals surface area contributed by atoms with Crippen molar-refractivity contribution in [1.82, 2.24) is 4.90 Å². The van der Waals surface area contributed by atoms with Crippen molar-refractivity contribution in [1.29, 1.82) is 0 Å². The molecule has 4 aliphatic rings. The summed E-state index contributed by atoms with van der Waals surface area (Å²) in [7, 11) is 1.39. The molecule has 134 valence electrons. The highest BCUT2D eigenvalue weighted by molar-refractivity contribution is 5.86. The van der Waals surface area contributed by atoms with Gasteiger partial charge in [0, 0.05) is 6.54 Å². The number of hydrogen-bond acceptors (Lipinski definition) is 3. The van der Waals surface area contributed by atoms with Crippen LogP contribution in [-0.2, 0) is 20.9 Å². The van der Waals surface area contributed by atoms with Gasteiger partial charge >= 0.3 is 5.97 Å². The molecule has 0 spiro atoms. The fourth-order valence-electron chi connectivity index (χ4n) is 5.93. The lowest BCUT2D eigenvalue weighted by Gasteiger charge is -2.56. The summed E-state index contributed by atoms with van der Waals surface area (Å²) < 4.78 is 4.85. The smallest absolute Gasteiger partial charge is 0.325 e. The molecule has 4 saturated carbocycles. The molecule has 25 heavy (non-hydrogen) atoms. The Kier molecular flexibility index (Phi) is 4.30. The van der Waals surface area contributed by atoms with E-state index in [2.05, 4.69) is 0 Å². The zero-order chi connectivity index (χ0) is 17.4. The molecule has 4 fully saturated rings. The third-order valence-electron chi connectivity index (χ3n) is 6.54. The van der Waals surface area contributed by atoms with Gasteiger partial charge in [0.25, 0.3) is 0 Å². The molecule has 0 heterocycles. The second kappa shape index (κ2) is 6.47. The normalized spacial score (nSPS) is 32.4. The maximum absolute atomic E-state index is 13.6. The standard InChI is InChI=1S/C21H27NO3/c1-25-19(23)14-22(13-15-5-3-2-4-6-15)20(24)21-10-16-7-17(11-21)9-18(8-16)12-21/h2-6,16-18H,7-14H2,1H3. The lowest BCUT2D eigenvalue weighted by Crippen LogP contribution is -2.55. The molecule has 4 aliphatic carbocycles. The first-order valence-corrected chi connectivity index (χ1v) is 9.48. The third kappa shape index (κ3) is 3.19. The molecule has 0 atom stereocenters. The molecule has 1 aromatic rings. The second-order valence-corrected chi connectivity index (χ2v) is 8.42. The molecule has 4 bridgehead atoms. The zero-order valence-electron chi connectivity index (χ0n) is 14.9. The van der Waals surface area contributed by atoms with Gasteiger partial charge in [-0.05, 0) is 61.8 Å². The summed E-state index contributed by atoms with van der Waals surface area (Å²) in [6.07, 6.45) is 6.98. The van der Waals surface area contributed by atoms with Crippen molar-refractivity contribution < 1.29 is 14.3 Å². The van der Waals surface area contributed by atoms with Crippen LogP contribution < -0.4 is 0 Å². The molecule has 0 N–H and O–H groups in total. The van der Waals surface area contributed by atoms with Crippen LogP contribution in [0.5, 0.6) is 0 Å². The lowest BCUT2D eigenvalue weighted by molar-refractivity contribution is -0.162. The number of carbonyl (C=O) groups excluding carboxylic acids is 2. The molecular weight excluding hydrogens is 314 g/mol. The summed E-state index contributed by atoms with van der Waals surface area (Å²) in [5.41, 5.74) is 0.835. The minimum Gasteiger partial charge on any atom is -0.468 e. The van der Waals surface area contributed by atoms with Crippen molar-refractivity contribution in [3.63, 3.8) is 0 Å². The number of nitrogens with zero attached hydrogens (tertiary/aromatic N) is 1. The van der Waals surface area contributed by atoms with E-state index in [1.54, 1.807) is 4.90 Å². The van der Waals surface area contributed by atoms with E-state index < -0.39 is 0 Å². The molecule has 0 saturated heterocycles. The first-order chi connectivity index (χ1) is 12.1. The van der Waals surface area contributed by atoms with Crippen LogP contribution in [0.1, 0.15) is 44.1 Å². The number of rotatable bonds is 5. The van der Waals surface area contributed by atoms with Crippen LogP contribution in [0.4, 0.5) is 0 Å². The highest BCUT2D eigenvalue weighted by Gasteiger charge is 2.55. The van der Waals surface area contributed by atoms with Crippen molar-refractivity contribution >= 4 is 11.9 Å². The van der Waals surface area contributed by atoms with E-state index >= 15 is 0 Å². The molecule has 0 aromatic heterocycles. The van der Waals surface area contributed by atoms with E-state index in [4.69, 9.17) is 4.74 Å². The van der Waals surface area contributed by atoms with E-state index in [1.165, 1.54) is 26.4 Å². The van der Waals surface area contributed by atoms with Gasteiger partial charge in [-0.1, -0.05) is 30.3 Å². The number of esters is 1. The Hall–Kier alpha value is -1.84. The van der Waals surface area contributed by atoms with Crippen LogP contribution in [0, 0.1) is 23.2 Å². The molecule has 0 aliphatic heterocycles. The Bertz CT molecular complexity index is 619. The Labute approximate surface area is 149 Å². The van der Waals surface area contributed by atoms with Crippen LogP contribution in [0.2, 0.25) is 0 Å². The highest BCUT2D eigenvalue weighted by atomic mass is 16.5. The molecular formula is C21H27NO3. The number of hydrogen-bond donors (Lipinski definition) is 0. The van der Waals surface area contributed by atoms with Crippen LogP contribution in [0.15, 0.2) is 30.3 Å². The molecule has 4 nitrogen and oxygen atoms in total. The molecule has 0 radical (unpaired) electrons. The minimum atomic E-state index is -0.339. The van der Waals surface area contributed by atoms with Crippen LogP contribution in [0.25, 0.3) is 0 Å².